The fourth-order valence-corrected chi connectivity index (χ4v) is 2.07. The van der Waals surface area contributed by atoms with Crippen LogP contribution >= 0.6 is 0 Å². The fourth-order valence-electron chi connectivity index (χ4n) is 2.07. The zero-order valence-electron chi connectivity index (χ0n) is 12.3. The highest BCUT2D eigenvalue weighted by molar-refractivity contribution is 5.24. The van der Waals surface area contributed by atoms with Crippen molar-refractivity contribution in [2.75, 3.05) is 13.6 Å². The molecule has 0 radical (unpaired) electrons. The SMILES string of the molecule is CN(CCCc1ccc(C(F)(F)F)cc1)Oc1ccccc1. The smallest absolute Gasteiger partial charge is 0.406 e. The summed E-state index contributed by atoms with van der Waals surface area (Å²) in [5.41, 5.74) is 0.280. The number of para-hydroxylation sites is 1. The molecule has 0 N–H and O–H groups in total. The van der Waals surface area contributed by atoms with Gasteiger partial charge in [-0.1, -0.05) is 30.3 Å². The van der Waals surface area contributed by atoms with Crippen LogP contribution in [0.2, 0.25) is 0 Å². The van der Waals surface area contributed by atoms with E-state index in [2.05, 4.69) is 0 Å². The second kappa shape index (κ2) is 7.31. The molecule has 0 aromatic heterocycles. The summed E-state index contributed by atoms with van der Waals surface area (Å²) >= 11 is 0. The normalized spacial score (nSPS) is 11.7. The largest absolute Gasteiger partial charge is 0.416 e. The summed E-state index contributed by atoms with van der Waals surface area (Å²) in [6, 6.07) is 14.7. The van der Waals surface area contributed by atoms with Crippen LogP contribution in [0, 0.1) is 0 Å². The van der Waals surface area contributed by atoms with Gasteiger partial charge in [-0.15, -0.1) is 5.06 Å². The van der Waals surface area contributed by atoms with E-state index in [1.54, 1.807) is 5.06 Å². The second-order valence-corrected chi connectivity index (χ2v) is 5.05. The van der Waals surface area contributed by atoms with Crippen molar-refractivity contribution in [3.05, 3.63) is 65.7 Å². The summed E-state index contributed by atoms with van der Waals surface area (Å²) in [7, 11) is 1.83. The van der Waals surface area contributed by atoms with Crippen molar-refractivity contribution < 1.29 is 18.0 Å². The molecule has 2 rings (SSSR count). The van der Waals surface area contributed by atoms with Crippen molar-refractivity contribution >= 4 is 0 Å². The van der Waals surface area contributed by atoms with Gasteiger partial charge in [0.1, 0.15) is 5.75 Å². The van der Waals surface area contributed by atoms with Gasteiger partial charge in [0, 0.05) is 13.6 Å². The Morgan fingerprint density at radius 2 is 1.59 bits per heavy atom. The Bertz CT molecular complexity index is 567. The molecule has 0 aliphatic rings. The quantitative estimate of drug-likeness (QED) is 0.725. The maximum absolute atomic E-state index is 12.5. The van der Waals surface area contributed by atoms with Gasteiger partial charge in [0.25, 0.3) is 0 Å². The molecule has 5 heteroatoms. The summed E-state index contributed by atoms with van der Waals surface area (Å²) in [6.07, 6.45) is -2.77. The first kappa shape index (κ1) is 16.4. The third kappa shape index (κ3) is 5.07. The number of alkyl halides is 3. The van der Waals surface area contributed by atoms with Crippen LogP contribution in [0.15, 0.2) is 54.6 Å². The standard InChI is InChI=1S/C17H18F3NO/c1-21(22-16-7-3-2-4-8-16)13-5-6-14-9-11-15(12-10-14)17(18,19)20/h2-4,7-12H,5-6,13H2,1H3. The Morgan fingerprint density at radius 3 is 2.18 bits per heavy atom. The first-order valence-corrected chi connectivity index (χ1v) is 7.05. The number of halogens is 3. The van der Waals surface area contributed by atoms with Gasteiger partial charge in [0.15, 0.2) is 0 Å². The van der Waals surface area contributed by atoms with Crippen molar-refractivity contribution in [2.24, 2.45) is 0 Å². The molecule has 0 aliphatic carbocycles. The predicted molar refractivity (Wildman–Crippen MR) is 79.5 cm³/mol. The van der Waals surface area contributed by atoms with Gasteiger partial charge in [0.05, 0.1) is 5.56 Å². The number of hydrogen-bond donors (Lipinski definition) is 0. The van der Waals surface area contributed by atoms with E-state index < -0.39 is 11.7 Å². The predicted octanol–water partition coefficient (Wildman–Crippen LogP) is 4.56. The van der Waals surface area contributed by atoms with Crippen molar-refractivity contribution in [3.63, 3.8) is 0 Å². The number of nitrogens with zero attached hydrogens (tertiary/aromatic N) is 1. The van der Waals surface area contributed by atoms with Crippen molar-refractivity contribution in [1.29, 1.82) is 0 Å². The van der Waals surface area contributed by atoms with Crippen LogP contribution in [-0.2, 0) is 12.6 Å². The van der Waals surface area contributed by atoms with Gasteiger partial charge in [-0.2, -0.15) is 13.2 Å². The molecule has 0 heterocycles. The van der Waals surface area contributed by atoms with Crippen molar-refractivity contribution in [3.8, 4) is 5.75 Å². The summed E-state index contributed by atoms with van der Waals surface area (Å²) in [5, 5.41) is 1.72. The monoisotopic (exact) mass is 309 g/mol. The summed E-state index contributed by atoms with van der Waals surface area (Å²) < 4.78 is 37.4. The molecule has 22 heavy (non-hydrogen) atoms. The minimum Gasteiger partial charge on any atom is -0.406 e. The number of aryl methyl sites for hydroxylation is 1. The molecule has 2 aromatic rings. The number of benzene rings is 2. The first-order valence-electron chi connectivity index (χ1n) is 7.05. The lowest BCUT2D eigenvalue weighted by Gasteiger charge is -2.17. The van der Waals surface area contributed by atoms with E-state index in [0.717, 1.165) is 29.9 Å². The van der Waals surface area contributed by atoms with Crippen LogP contribution in [0.1, 0.15) is 17.5 Å². The minimum atomic E-state index is -4.28. The Labute approximate surface area is 128 Å². The van der Waals surface area contributed by atoms with Crippen LogP contribution in [-0.4, -0.2) is 18.7 Å². The minimum absolute atomic E-state index is 0.610. The lowest BCUT2D eigenvalue weighted by Crippen LogP contribution is -2.24. The van der Waals surface area contributed by atoms with Gasteiger partial charge >= 0.3 is 6.18 Å². The van der Waals surface area contributed by atoms with E-state index in [-0.39, 0.29) is 0 Å². The van der Waals surface area contributed by atoms with E-state index in [1.165, 1.54) is 12.1 Å². The topological polar surface area (TPSA) is 12.5 Å². The fraction of sp³-hybridized carbons (Fsp3) is 0.294. The average molecular weight is 309 g/mol. The van der Waals surface area contributed by atoms with Gasteiger partial charge in [0.2, 0.25) is 0 Å². The lowest BCUT2D eigenvalue weighted by molar-refractivity contribution is -0.137. The molecule has 0 unspecified atom stereocenters. The lowest BCUT2D eigenvalue weighted by atomic mass is 10.1. The van der Waals surface area contributed by atoms with E-state index in [0.29, 0.717) is 13.0 Å². The highest BCUT2D eigenvalue weighted by Crippen LogP contribution is 2.29. The second-order valence-electron chi connectivity index (χ2n) is 5.05. The van der Waals surface area contributed by atoms with E-state index >= 15 is 0 Å². The highest BCUT2D eigenvalue weighted by atomic mass is 19.4. The summed E-state index contributed by atoms with van der Waals surface area (Å²) in [6.45, 7) is 0.690. The zero-order valence-corrected chi connectivity index (χ0v) is 12.3. The molecular formula is C17H18F3NO. The highest BCUT2D eigenvalue weighted by Gasteiger charge is 2.29. The van der Waals surface area contributed by atoms with Gasteiger partial charge < -0.3 is 4.84 Å². The van der Waals surface area contributed by atoms with E-state index in [9.17, 15) is 13.2 Å². The van der Waals surface area contributed by atoms with Crippen molar-refractivity contribution in [2.45, 2.75) is 19.0 Å². The van der Waals surface area contributed by atoms with Gasteiger partial charge in [-0.3, -0.25) is 0 Å². The molecule has 0 amide bonds. The third-order valence-electron chi connectivity index (χ3n) is 3.22. The molecule has 2 nitrogen and oxygen atoms in total. The molecule has 0 spiro atoms. The van der Waals surface area contributed by atoms with Crippen LogP contribution in [0.4, 0.5) is 13.2 Å². The molecule has 2 aromatic carbocycles. The molecule has 118 valence electrons. The zero-order chi connectivity index (χ0) is 16.0. The number of rotatable bonds is 6. The molecule has 0 atom stereocenters. The Morgan fingerprint density at radius 1 is 0.955 bits per heavy atom. The molecule has 0 bridgehead atoms. The Kier molecular flexibility index (Phi) is 5.44. The summed E-state index contributed by atoms with van der Waals surface area (Å²) in [5.74, 6) is 0.763. The third-order valence-corrected chi connectivity index (χ3v) is 3.22. The van der Waals surface area contributed by atoms with Crippen LogP contribution in [0.5, 0.6) is 5.75 Å². The molecular weight excluding hydrogens is 291 g/mol. The first-order chi connectivity index (χ1) is 10.4. The maximum Gasteiger partial charge on any atom is 0.416 e. The average Bonchev–Trinajstić information content (AvgIpc) is 2.48. The van der Waals surface area contributed by atoms with E-state index in [4.69, 9.17) is 4.84 Å². The van der Waals surface area contributed by atoms with Crippen LogP contribution in [0.25, 0.3) is 0 Å². The van der Waals surface area contributed by atoms with Crippen LogP contribution in [0.3, 0.4) is 0 Å². The summed E-state index contributed by atoms with van der Waals surface area (Å²) in [4.78, 5) is 5.60. The van der Waals surface area contributed by atoms with Crippen molar-refractivity contribution in [1.82, 2.24) is 5.06 Å². The molecule has 0 fully saturated rings. The molecule has 0 saturated heterocycles. The number of hydrogen-bond acceptors (Lipinski definition) is 2. The van der Waals surface area contributed by atoms with E-state index in [1.807, 2.05) is 37.4 Å². The Hall–Kier alpha value is -2.01. The molecule has 0 aliphatic heterocycles. The number of hydroxylamine groups is 2. The van der Waals surface area contributed by atoms with Gasteiger partial charge in [-0.25, -0.2) is 0 Å². The maximum atomic E-state index is 12.5. The van der Waals surface area contributed by atoms with Gasteiger partial charge in [-0.05, 0) is 42.7 Å². The Balaban J connectivity index is 1.76. The molecule has 0 saturated carbocycles. The van der Waals surface area contributed by atoms with Crippen LogP contribution < -0.4 is 4.84 Å².